The molecule has 2 aromatic rings. The second-order valence-electron chi connectivity index (χ2n) is 4.42. The standard InChI is InChI=1S/C12H13N3O3S/c1-7-8(4-6-17-7)10-13-14-12(18-10)19-9-3-5-15(2)11(9)16/h4,6,9H,3,5H2,1-2H3/t9-/m1/s1. The first-order chi connectivity index (χ1) is 9.15. The molecule has 0 radical (unpaired) electrons. The monoisotopic (exact) mass is 279 g/mol. The summed E-state index contributed by atoms with van der Waals surface area (Å²) in [6, 6.07) is 1.78. The second kappa shape index (κ2) is 4.73. The Morgan fingerprint density at radius 2 is 2.32 bits per heavy atom. The molecular formula is C12H13N3O3S. The van der Waals surface area contributed by atoms with Gasteiger partial charge >= 0.3 is 0 Å². The van der Waals surface area contributed by atoms with Crippen LogP contribution in [0.1, 0.15) is 12.2 Å². The van der Waals surface area contributed by atoms with Crippen LogP contribution < -0.4 is 0 Å². The smallest absolute Gasteiger partial charge is 0.277 e. The van der Waals surface area contributed by atoms with Crippen molar-refractivity contribution in [2.24, 2.45) is 0 Å². The number of hydrogen-bond acceptors (Lipinski definition) is 6. The van der Waals surface area contributed by atoms with Crippen LogP contribution in [-0.2, 0) is 4.79 Å². The molecular weight excluding hydrogens is 266 g/mol. The molecule has 100 valence electrons. The van der Waals surface area contributed by atoms with Crippen LogP contribution in [-0.4, -0.2) is 39.8 Å². The number of furan rings is 1. The minimum atomic E-state index is -0.122. The Kier molecular flexibility index (Phi) is 3.06. The second-order valence-corrected chi connectivity index (χ2v) is 5.57. The number of thioether (sulfide) groups is 1. The van der Waals surface area contributed by atoms with E-state index in [9.17, 15) is 4.79 Å². The predicted octanol–water partition coefficient (Wildman–Crippen LogP) is 1.96. The van der Waals surface area contributed by atoms with Crippen molar-refractivity contribution in [3.63, 3.8) is 0 Å². The molecule has 0 aromatic carbocycles. The van der Waals surface area contributed by atoms with E-state index < -0.39 is 0 Å². The van der Waals surface area contributed by atoms with E-state index in [2.05, 4.69) is 10.2 Å². The van der Waals surface area contributed by atoms with Crippen molar-refractivity contribution < 1.29 is 13.6 Å². The Hall–Kier alpha value is -1.76. The van der Waals surface area contributed by atoms with Gasteiger partial charge in [-0.25, -0.2) is 0 Å². The quantitative estimate of drug-likeness (QED) is 0.855. The summed E-state index contributed by atoms with van der Waals surface area (Å²) in [6.07, 6.45) is 2.39. The van der Waals surface area contributed by atoms with Gasteiger partial charge in [0.1, 0.15) is 5.76 Å². The lowest BCUT2D eigenvalue weighted by Gasteiger charge is -2.07. The number of hydrogen-bond donors (Lipinski definition) is 0. The zero-order valence-corrected chi connectivity index (χ0v) is 11.4. The molecule has 6 nitrogen and oxygen atoms in total. The van der Waals surface area contributed by atoms with Crippen LogP contribution in [0.5, 0.6) is 0 Å². The summed E-state index contributed by atoms with van der Waals surface area (Å²) in [7, 11) is 1.80. The first-order valence-corrected chi connectivity index (χ1v) is 6.82. The molecule has 0 bridgehead atoms. The Morgan fingerprint density at radius 1 is 1.47 bits per heavy atom. The van der Waals surface area contributed by atoms with Crippen LogP contribution in [0, 0.1) is 6.92 Å². The van der Waals surface area contributed by atoms with Gasteiger partial charge in [-0.05, 0) is 19.4 Å². The average Bonchev–Trinajstić information content (AvgIpc) is 3.07. The largest absolute Gasteiger partial charge is 0.469 e. The lowest BCUT2D eigenvalue weighted by atomic mass is 10.3. The summed E-state index contributed by atoms with van der Waals surface area (Å²) in [5.74, 6) is 1.27. The molecule has 0 unspecified atom stereocenters. The number of carbonyl (C=O) groups excluding carboxylic acids is 1. The summed E-state index contributed by atoms with van der Waals surface area (Å²) in [5.41, 5.74) is 0.786. The molecule has 2 aromatic heterocycles. The Balaban J connectivity index is 1.76. The van der Waals surface area contributed by atoms with Crippen molar-refractivity contribution in [3.05, 3.63) is 18.1 Å². The van der Waals surface area contributed by atoms with Crippen LogP contribution in [0.25, 0.3) is 11.5 Å². The lowest BCUT2D eigenvalue weighted by molar-refractivity contribution is -0.126. The molecule has 1 aliphatic heterocycles. The van der Waals surface area contributed by atoms with Gasteiger partial charge in [0.15, 0.2) is 0 Å². The van der Waals surface area contributed by atoms with Gasteiger partial charge in [0.05, 0.1) is 17.1 Å². The highest BCUT2D eigenvalue weighted by Crippen LogP contribution is 2.31. The highest BCUT2D eigenvalue weighted by atomic mass is 32.2. The van der Waals surface area contributed by atoms with E-state index in [1.54, 1.807) is 24.3 Å². The topological polar surface area (TPSA) is 72.4 Å². The van der Waals surface area contributed by atoms with Crippen LogP contribution >= 0.6 is 11.8 Å². The molecule has 1 aliphatic rings. The van der Waals surface area contributed by atoms with Gasteiger partial charge in [-0.1, -0.05) is 11.8 Å². The fourth-order valence-electron chi connectivity index (χ4n) is 1.99. The van der Waals surface area contributed by atoms with E-state index >= 15 is 0 Å². The molecule has 3 heterocycles. The van der Waals surface area contributed by atoms with Crippen LogP contribution in [0.3, 0.4) is 0 Å². The molecule has 0 aliphatic carbocycles. The van der Waals surface area contributed by atoms with Gasteiger partial charge in [-0.2, -0.15) is 0 Å². The predicted molar refractivity (Wildman–Crippen MR) is 68.6 cm³/mol. The zero-order chi connectivity index (χ0) is 13.4. The van der Waals surface area contributed by atoms with Gasteiger partial charge in [-0.15, -0.1) is 10.2 Å². The summed E-state index contributed by atoms with van der Waals surface area (Å²) in [5, 5.41) is 8.25. The Bertz CT molecular complexity index is 607. The third kappa shape index (κ3) is 2.25. The molecule has 1 fully saturated rings. The van der Waals surface area contributed by atoms with E-state index in [0.717, 1.165) is 24.3 Å². The van der Waals surface area contributed by atoms with Crippen LogP contribution in [0.2, 0.25) is 0 Å². The number of carbonyl (C=O) groups is 1. The number of likely N-dealkylation sites (tertiary alicyclic amines) is 1. The maximum Gasteiger partial charge on any atom is 0.277 e. The van der Waals surface area contributed by atoms with E-state index in [4.69, 9.17) is 8.83 Å². The summed E-state index contributed by atoms with van der Waals surface area (Å²) < 4.78 is 10.8. The number of rotatable bonds is 3. The van der Waals surface area contributed by atoms with Gasteiger partial charge in [0.2, 0.25) is 5.91 Å². The van der Waals surface area contributed by atoms with Crippen molar-refractivity contribution >= 4 is 17.7 Å². The Morgan fingerprint density at radius 3 is 2.95 bits per heavy atom. The van der Waals surface area contributed by atoms with Crippen molar-refractivity contribution in [1.82, 2.24) is 15.1 Å². The third-order valence-electron chi connectivity index (χ3n) is 3.12. The summed E-state index contributed by atoms with van der Waals surface area (Å²) in [4.78, 5) is 13.5. The zero-order valence-electron chi connectivity index (χ0n) is 10.6. The van der Waals surface area contributed by atoms with Gasteiger partial charge in [-0.3, -0.25) is 4.79 Å². The molecule has 19 heavy (non-hydrogen) atoms. The number of nitrogens with zero attached hydrogens (tertiary/aromatic N) is 3. The van der Waals surface area contributed by atoms with Gasteiger partial charge in [0, 0.05) is 13.6 Å². The molecule has 7 heteroatoms. The van der Waals surface area contributed by atoms with E-state index in [1.165, 1.54) is 11.8 Å². The molecule has 1 amide bonds. The number of aromatic nitrogens is 2. The van der Waals surface area contributed by atoms with E-state index in [0.29, 0.717) is 11.1 Å². The third-order valence-corrected chi connectivity index (χ3v) is 4.21. The fraction of sp³-hybridized carbons (Fsp3) is 0.417. The van der Waals surface area contributed by atoms with Crippen molar-refractivity contribution in [3.8, 4) is 11.5 Å². The maximum absolute atomic E-state index is 11.8. The number of amides is 1. The normalized spacial score (nSPS) is 19.4. The minimum Gasteiger partial charge on any atom is -0.469 e. The maximum atomic E-state index is 11.8. The highest BCUT2D eigenvalue weighted by molar-refractivity contribution is 8.00. The molecule has 0 spiro atoms. The van der Waals surface area contributed by atoms with E-state index in [1.807, 2.05) is 6.92 Å². The van der Waals surface area contributed by atoms with Crippen molar-refractivity contribution in [2.75, 3.05) is 13.6 Å². The summed E-state index contributed by atoms with van der Waals surface area (Å²) in [6.45, 7) is 2.61. The number of aryl methyl sites for hydroxylation is 1. The molecule has 1 atom stereocenters. The van der Waals surface area contributed by atoms with Crippen LogP contribution in [0.4, 0.5) is 0 Å². The highest BCUT2D eigenvalue weighted by Gasteiger charge is 2.31. The van der Waals surface area contributed by atoms with Gasteiger partial charge < -0.3 is 13.7 Å². The minimum absolute atomic E-state index is 0.115. The van der Waals surface area contributed by atoms with E-state index in [-0.39, 0.29) is 11.2 Å². The lowest BCUT2D eigenvalue weighted by Crippen LogP contribution is -2.23. The van der Waals surface area contributed by atoms with Crippen molar-refractivity contribution in [1.29, 1.82) is 0 Å². The first-order valence-electron chi connectivity index (χ1n) is 5.95. The fourth-order valence-corrected chi connectivity index (χ4v) is 2.96. The molecule has 1 saturated heterocycles. The van der Waals surface area contributed by atoms with Gasteiger partial charge in [0.25, 0.3) is 11.1 Å². The molecule has 0 N–H and O–H groups in total. The SMILES string of the molecule is Cc1occc1-c1nnc(S[C@@H]2CCN(C)C2=O)o1. The first kappa shape index (κ1) is 12.3. The molecule has 0 saturated carbocycles. The van der Waals surface area contributed by atoms with Crippen molar-refractivity contribution in [2.45, 2.75) is 23.8 Å². The Labute approximate surface area is 114 Å². The summed E-state index contributed by atoms with van der Waals surface area (Å²) >= 11 is 1.32. The van der Waals surface area contributed by atoms with Crippen LogP contribution in [0.15, 0.2) is 26.4 Å². The molecule has 3 rings (SSSR count). The average molecular weight is 279 g/mol.